The Morgan fingerprint density at radius 1 is 1.03 bits per heavy atom. The van der Waals surface area contributed by atoms with E-state index >= 15 is 0 Å². The lowest BCUT2D eigenvalue weighted by molar-refractivity contribution is -0.142. The zero-order valence-corrected chi connectivity index (χ0v) is 19.0. The first kappa shape index (κ1) is 21.0. The number of nitrogens with zero attached hydrogens (tertiary/aromatic N) is 1. The molecule has 1 aliphatic rings. The van der Waals surface area contributed by atoms with Gasteiger partial charge in [-0.2, -0.15) is 0 Å². The second kappa shape index (κ2) is 8.13. The Kier molecular flexibility index (Phi) is 5.69. The molecule has 1 aliphatic heterocycles. The summed E-state index contributed by atoms with van der Waals surface area (Å²) >= 11 is 12.6. The van der Waals surface area contributed by atoms with E-state index in [9.17, 15) is 4.79 Å². The van der Waals surface area contributed by atoms with Gasteiger partial charge in [-0.3, -0.25) is 4.79 Å². The molecule has 0 amide bonds. The number of hydrogen-bond acceptors (Lipinski definition) is 2. The summed E-state index contributed by atoms with van der Waals surface area (Å²) in [6, 6.07) is 16.0. The van der Waals surface area contributed by atoms with Crippen LogP contribution in [0.15, 0.2) is 48.5 Å². The van der Waals surface area contributed by atoms with Crippen LogP contribution in [0.2, 0.25) is 10.0 Å². The van der Waals surface area contributed by atoms with Crippen LogP contribution in [0, 0.1) is 5.41 Å². The van der Waals surface area contributed by atoms with Crippen LogP contribution in [-0.2, 0) is 28.9 Å². The minimum atomic E-state index is -0.219. The van der Waals surface area contributed by atoms with E-state index in [4.69, 9.17) is 27.9 Å². The molecule has 0 fully saturated rings. The molecule has 1 aromatic heterocycles. The third-order valence-electron chi connectivity index (χ3n) is 5.60. The van der Waals surface area contributed by atoms with Crippen LogP contribution in [0.25, 0.3) is 22.3 Å². The zero-order valence-electron chi connectivity index (χ0n) is 17.5. The fourth-order valence-corrected chi connectivity index (χ4v) is 4.74. The number of carbonyl (C=O) groups is 1. The van der Waals surface area contributed by atoms with E-state index in [0.717, 1.165) is 35.3 Å². The molecule has 2 heterocycles. The molecule has 0 atom stereocenters. The third kappa shape index (κ3) is 3.89. The minimum Gasteiger partial charge on any atom is -0.466 e. The van der Waals surface area contributed by atoms with E-state index in [0.29, 0.717) is 16.7 Å². The van der Waals surface area contributed by atoms with Gasteiger partial charge in [0.15, 0.2) is 0 Å². The number of carbonyl (C=O) groups excluding carboxylic acids is 1. The summed E-state index contributed by atoms with van der Waals surface area (Å²) in [5.41, 5.74) is 6.66. The summed E-state index contributed by atoms with van der Waals surface area (Å²) in [4.78, 5) is 12.5. The first-order valence-electron chi connectivity index (χ1n) is 10.2. The molecule has 0 unspecified atom stereocenters. The highest BCUT2D eigenvalue weighted by atomic mass is 35.5. The number of halogens is 2. The van der Waals surface area contributed by atoms with Crippen molar-refractivity contribution in [2.75, 3.05) is 6.61 Å². The quantitative estimate of drug-likeness (QED) is 0.406. The summed E-state index contributed by atoms with van der Waals surface area (Å²) in [6.07, 6.45) is 1.16. The van der Waals surface area contributed by atoms with Crippen molar-refractivity contribution < 1.29 is 9.53 Å². The lowest BCUT2D eigenvalue weighted by atomic mass is 9.86. The highest BCUT2D eigenvalue weighted by molar-refractivity contribution is 6.42. The topological polar surface area (TPSA) is 31.2 Å². The second-order valence-electron chi connectivity index (χ2n) is 8.55. The first-order chi connectivity index (χ1) is 14.3. The van der Waals surface area contributed by atoms with E-state index in [1.807, 2.05) is 43.3 Å². The predicted octanol–water partition coefficient (Wildman–Crippen LogP) is 6.82. The van der Waals surface area contributed by atoms with Crippen molar-refractivity contribution in [3.05, 3.63) is 70.0 Å². The maximum absolute atomic E-state index is 12.5. The molecule has 3 nitrogen and oxygen atoms in total. The van der Waals surface area contributed by atoms with Crippen LogP contribution in [0.4, 0.5) is 0 Å². The highest BCUT2D eigenvalue weighted by Gasteiger charge is 2.36. The van der Waals surface area contributed by atoms with Gasteiger partial charge in [0.25, 0.3) is 0 Å². The molecule has 0 N–H and O–H groups in total. The van der Waals surface area contributed by atoms with E-state index in [1.165, 1.54) is 11.3 Å². The van der Waals surface area contributed by atoms with Crippen molar-refractivity contribution in [3.8, 4) is 22.3 Å². The van der Waals surface area contributed by atoms with Crippen molar-refractivity contribution >= 4 is 29.2 Å². The highest BCUT2D eigenvalue weighted by Crippen LogP contribution is 2.47. The molecule has 5 heteroatoms. The number of aromatic nitrogens is 1. The Labute approximate surface area is 187 Å². The van der Waals surface area contributed by atoms with Crippen LogP contribution in [-0.4, -0.2) is 17.1 Å². The minimum absolute atomic E-state index is 0.123. The van der Waals surface area contributed by atoms with Gasteiger partial charge in [-0.05, 0) is 42.0 Å². The molecule has 0 bridgehead atoms. The van der Waals surface area contributed by atoms with Gasteiger partial charge in [0.2, 0.25) is 0 Å². The smallest absolute Gasteiger partial charge is 0.311 e. The molecule has 0 radical (unpaired) electrons. The SMILES string of the molecule is CCOC(=O)Cc1c(-c2ccc(Cl)c(Cl)c2)c(-c2ccccc2)c2n1CC(C)(C)C2. The lowest BCUT2D eigenvalue weighted by Crippen LogP contribution is -2.16. The maximum atomic E-state index is 12.5. The van der Waals surface area contributed by atoms with Gasteiger partial charge < -0.3 is 9.30 Å². The van der Waals surface area contributed by atoms with Gasteiger partial charge in [-0.1, -0.05) is 73.4 Å². The molecule has 156 valence electrons. The van der Waals surface area contributed by atoms with Crippen LogP contribution >= 0.6 is 23.2 Å². The summed E-state index contributed by atoms with van der Waals surface area (Å²) in [6.45, 7) is 7.59. The van der Waals surface area contributed by atoms with Crippen molar-refractivity contribution in [2.24, 2.45) is 5.41 Å². The molecule has 0 aliphatic carbocycles. The average Bonchev–Trinajstić information content (AvgIpc) is 3.16. The van der Waals surface area contributed by atoms with E-state index in [-0.39, 0.29) is 17.8 Å². The Bertz CT molecular complexity index is 1100. The van der Waals surface area contributed by atoms with Gasteiger partial charge in [0.05, 0.1) is 23.1 Å². The summed E-state index contributed by atoms with van der Waals surface area (Å²) < 4.78 is 7.62. The van der Waals surface area contributed by atoms with E-state index in [1.54, 1.807) is 0 Å². The molecule has 30 heavy (non-hydrogen) atoms. The summed E-state index contributed by atoms with van der Waals surface area (Å²) in [5, 5.41) is 1.02. The number of fused-ring (bicyclic) bond motifs is 1. The van der Waals surface area contributed by atoms with Crippen LogP contribution in [0.5, 0.6) is 0 Å². The molecular weight excluding hydrogens is 417 g/mol. The molecule has 0 saturated heterocycles. The van der Waals surface area contributed by atoms with Gasteiger partial charge in [-0.15, -0.1) is 0 Å². The number of benzene rings is 2. The molecule has 4 rings (SSSR count). The lowest BCUT2D eigenvalue weighted by Gasteiger charge is -2.19. The fraction of sp³-hybridized carbons (Fsp3) is 0.320. The van der Waals surface area contributed by atoms with Crippen molar-refractivity contribution in [2.45, 2.75) is 40.2 Å². The van der Waals surface area contributed by atoms with Crippen molar-refractivity contribution in [3.63, 3.8) is 0 Å². The number of ether oxygens (including phenoxy) is 1. The fourth-order valence-electron chi connectivity index (χ4n) is 4.44. The maximum Gasteiger partial charge on any atom is 0.311 e. The summed E-state index contributed by atoms with van der Waals surface area (Å²) in [5.74, 6) is -0.219. The molecule has 2 aromatic carbocycles. The largest absolute Gasteiger partial charge is 0.466 e. The Balaban J connectivity index is 2.00. The van der Waals surface area contributed by atoms with Crippen molar-refractivity contribution in [1.82, 2.24) is 4.57 Å². The van der Waals surface area contributed by atoms with E-state index in [2.05, 4.69) is 30.5 Å². The number of rotatable bonds is 5. The second-order valence-corrected chi connectivity index (χ2v) is 9.36. The monoisotopic (exact) mass is 441 g/mol. The molecule has 0 saturated carbocycles. The van der Waals surface area contributed by atoms with Gasteiger partial charge in [0, 0.05) is 29.1 Å². The van der Waals surface area contributed by atoms with Gasteiger partial charge >= 0.3 is 5.97 Å². The number of esters is 1. The van der Waals surface area contributed by atoms with Crippen LogP contribution < -0.4 is 0 Å². The van der Waals surface area contributed by atoms with Gasteiger partial charge in [0.1, 0.15) is 0 Å². The normalized spacial score (nSPS) is 14.6. The third-order valence-corrected chi connectivity index (χ3v) is 6.34. The van der Waals surface area contributed by atoms with Gasteiger partial charge in [-0.25, -0.2) is 0 Å². The molecule has 0 spiro atoms. The Morgan fingerprint density at radius 2 is 1.77 bits per heavy atom. The molecular formula is C25H25Cl2NO2. The van der Waals surface area contributed by atoms with Crippen molar-refractivity contribution in [1.29, 1.82) is 0 Å². The van der Waals surface area contributed by atoms with Crippen LogP contribution in [0.3, 0.4) is 0 Å². The Hall–Kier alpha value is -2.23. The first-order valence-corrected chi connectivity index (χ1v) is 11.0. The predicted molar refractivity (Wildman–Crippen MR) is 123 cm³/mol. The average molecular weight is 442 g/mol. The molecule has 3 aromatic rings. The standard InChI is InChI=1S/C25H25Cl2NO2/c1-4-30-22(29)13-20-24(17-10-11-18(26)19(27)12-17)23(16-8-6-5-7-9-16)21-14-25(2,3)15-28(20)21/h5-12H,4,13-15H2,1-3H3. The van der Waals surface area contributed by atoms with E-state index < -0.39 is 0 Å². The zero-order chi connectivity index (χ0) is 21.5. The Morgan fingerprint density at radius 3 is 2.43 bits per heavy atom. The van der Waals surface area contributed by atoms with Crippen LogP contribution in [0.1, 0.15) is 32.2 Å². The summed E-state index contributed by atoms with van der Waals surface area (Å²) in [7, 11) is 0. The number of hydrogen-bond donors (Lipinski definition) is 0.